The number of hydrogen-bond donors (Lipinski definition) is 0. The Labute approximate surface area is 173 Å². The van der Waals surface area contributed by atoms with Gasteiger partial charge in [-0.2, -0.15) is 0 Å². The monoisotopic (exact) mass is 388 g/mol. The van der Waals surface area contributed by atoms with Crippen molar-refractivity contribution in [3.05, 3.63) is 90.5 Å². The van der Waals surface area contributed by atoms with Crippen LogP contribution >= 0.6 is 0 Å². The zero-order chi connectivity index (χ0) is 19.9. The standard InChI is InChI=1S/C25H28N2O2/c1-28-24-15-9-8-14-23(24)27-18-16-26(17-19-27)20-25(21-10-4-2-5-11-21)29-22-12-6-3-7-13-22/h2-15,25H,16-20H2,1H3. The van der Waals surface area contributed by atoms with E-state index in [0.29, 0.717) is 0 Å². The molecule has 0 amide bonds. The van der Waals surface area contributed by atoms with Crippen LogP contribution in [-0.2, 0) is 0 Å². The van der Waals surface area contributed by atoms with Crippen LogP contribution in [0.1, 0.15) is 11.7 Å². The second kappa shape index (κ2) is 9.48. The predicted octanol–water partition coefficient (Wildman–Crippen LogP) is 4.64. The molecule has 4 heteroatoms. The first-order valence-electron chi connectivity index (χ1n) is 10.2. The van der Waals surface area contributed by atoms with Crippen LogP contribution in [0.4, 0.5) is 5.69 Å². The average Bonchev–Trinajstić information content (AvgIpc) is 2.80. The fourth-order valence-electron chi connectivity index (χ4n) is 3.84. The Balaban J connectivity index is 1.42. The summed E-state index contributed by atoms with van der Waals surface area (Å²) in [7, 11) is 1.74. The van der Waals surface area contributed by atoms with Gasteiger partial charge in [0.2, 0.25) is 0 Å². The van der Waals surface area contributed by atoms with E-state index in [2.05, 4.69) is 52.3 Å². The molecule has 1 saturated heterocycles. The summed E-state index contributed by atoms with van der Waals surface area (Å²) in [5, 5.41) is 0. The molecule has 29 heavy (non-hydrogen) atoms. The molecule has 0 aromatic heterocycles. The van der Waals surface area contributed by atoms with Crippen molar-refractivity contribution in [2.24, 2.45) is 0 Å². The second-order valence-electron chi connectivity index (χ2n) is 7.29. The third kappa shape index (κ3) is 4.90. The highest BCUT2D eigenvalue weighted by atomic mass is 16.5. The summed E-state index contributed by atoms with van der Waals surface area (Å²) in [5.41, 5.74) is 2.39. The van der Waals surface area contributed by atoms with Crippen LogP contribution in [0.5, 0.6) is 11.5 Å². The first-order valence-corrected chi connectivity index (χ1v) is 10.2. The lowest BCUT2D eigenvalue weighted by molar-refractivity contribution is 0.128. The lowest BCUT2D eigenvalue weighted by Crippen LogP contribution is -2.48. The minimum Gasteiger partial charge on any atom is -0.495 e. The summed E-state index contributed by atoms with van der Waals surface area (Å²) in [6, 6.07) is 28.9. The molecule has 1 heterocycles. The van der Waals surface area contributed by atoms with Crippen LogP contribution in [0.15, 0.2) is 84.9 Å². The number of hydrogen-bond acceptors (Lipinski definition) is 4. The Morgan fingerprint density at radius 3 is 2.07 bits per heavy atom. The molecule has 3 aromatic carbocycles. The van der Waals surface area contributed by atoms with Gasteiger partial charge in [0, 0.05) is 32.7 Å². The Morgan fingerprint density at radius 2 is 1.38 bits per heavy atom. The quantitative estimate of drug-likeness (QED) is 0.589. The number of piperazine rings is 1. The van der Waals surface area contributed by atoms with Crippen molar-refractivity contribution in [3.8, 4) is 11.5 Å². The first-order chi connectivity index (χ1) is 14.3. The molecule has 0 aliphatic carbocycles. The van der Waals surface area contributed by atoms with E-state index in [1.807, 2.05) is 42.5 Å². The molecule has 1 aliphatic rings. The topological polar surface area (TPSA) is 24.9 Å². The zero-order valence-electron chi connectivity index (χ0n) is 16.9. The predicted molar refractivity (Wildman–Crippen MR) is 118 cm³/mol. The van der Waals surface area contributed by atoms with Crippen LogP contribution in [-0.4, -0.2) is 44.7 Å². The molecular weight excluding hydrogens is 360 g/mol. The van der Waals surface area contributed by atoms with E-state index in [-0.39, 0.29) is 6.10 Å². The van der Waals surface area contributed by atoms with E-state index in [9.17, 15) is 0 Å². The molecule has 1 aliphatic heterocycles. The summed E-state index contributed by atoms with van der Waals surface area (Å²) >= 11 is 0. The van der Waals surface area contributed by atoms with Gasteiger partial charge < -0.3 is 14.4 Å². The lowest BCUT2D eigenvalue weighted by Gasteiger charge is -2.38. The lowest BCUT2D eigenvalue weighted by atomic mass is 10.1. The first kappa shape index (κ1) is 19.3. The number of anilines is 1. The van der Waals surface area contributed by atoms with Crippen LogP contribution in [0.3, 0.4) is 0 Å². The molecule has 150 valence electrons. The maximum atomic E-state index is 6.38. The molecule has 0 bridgehead atoms. The van der Waals surface area contributed by atoms with E-state index in [0.717, 1.165) is 44.2 Å². The maximum absolute atomic E-state index is 6.38. The summed E-state index contributed by atoms with van der Waals surface area (Å²) in [5.74, 6) is 1.85. The summed E-state index contributed by atoms with van der Waals surface area (Å²) in [6.07, 6.45) is 0.0106. The van der Waals surface area contributed by atoms with Gasteiger partial charge in [-0.15, -0.1) is 0 Å². The zero-order valence-corrected chi connectivity index (χ0v) is 16.9. The van der Waals surface area contributed by atoms with E-state index in [4.69, 9.17) is 9.47 Å². The van der Waals surface area contributed by atoms with Crippen LogP contribution in [0, 0.1) is 0 Å². The summed E-state index contributed by atoms with van der Waals surface area (Å²) in [4.78, 5) is 4.90. The SMILES string of the molecule is COc1ccccc1N1CCN(CC(Oc2ccccc2)c2ccccc2)CC1. The van der Waals surface area contributed by atoms with Crippen LogP contribution in [0.2, 0.25) is 0 Å². The number of para-hydroxylation sites is 3. The third-order valence-electron chi connectivity index (χ3n) is 5.42. The van der Waals surface area contributed by atoms with Gasteiger partial charge in [0.15, 0.2) is 0 Å². The van der Waals surface area contributed by atoms with Crippen molar-refractivity contribution in [1.82, 2.24) is 4.90 Å². The van der Waals surface area contributed by atoms with E-state index in [1.165, 1.54) is 11.3 Å². The summed E-state index contributed by atoms with van der Waals surface area (Å²) < 4.78 is 11.9. The molecule has 0 saturated carbocycles. The number of nitrogens with zero attached hydrogens (tertiary/aromatic N) is 2. The second-order valence-corrected chi connectivity index (χ2v) is 7.29. The van der Waals surface area contributed by atoms with Crippen molar-refractivity contribution < 1.29 is 9.47 Å². The Hall–Kier alpha value is -2.98. The fourth-order valence-corrected chi connectivity index (χ4v) is 3.84. The van der Waals surface area contributed by atoms with Gasteiger partial charge in [-0.05, 0) is 29.8 Å². The molecule has 0 radical (unpaired) electrons. The Kier molecular flexibility index (Phi) is 6.32. The minimum absolute atomic E-state index is 0.0106. The summed E-state index contributed by atoms with van der Waals surface area (Å²) in [6.45, 7) is 4.83. The van der Waals surface area contributed by atoms with Gasteiger partial charge in [0.05, 0.1) is 12.8 Å². The third-order valence-corrected chi connectivity index (χ3v) is 5.42. The van der Waals surface area contributed by atoms with E-state index in [1.54, 1.807) is 7.11 Å². The molecule has 0 N–H and O–H groups in total. The van der Waals surface area contributed by atoms with Crippen molar-refractivity contribution in [2.45, 2.75) is 6.10 Å². The highest BCUT2D eigenvalue weighted by Crippen LogP contribution is 2.29. The smallest absolute Gasteiger partial charge is 0.142 e. The van der Waals surface area contributed by atoms with Gasteiger partial charge in [-0.1, -0.05) is 60.7 Å². The number of methoxy groups -OCH3 is 1. The van der Waals surface area contributed by atoms with Gasteiger partial charge in [0.25, 0.3) is 0 Å². The molecule has 1 atom stereocenters. The van der Waals surface area contributed by atoms with E-state index < -0.39 is 0 Å². The van der Waals surface area contributed by atoms with Crippen LogP contribution in [0.25, 0.3) is 0 Å². The number of benzene rings is 3. The maximum Gasteiger partial charge on any atom is 0.142 e. The molecule has 0 spiro atoms. The number of rotatable bonds is 7. The normalized spacial score (nSPS) is 15.7. The van der Waals surface area contributed by atoms with Crippen molar-refractivity contribution in [2.75, 3.05) is 44.7 Å². The van der Waals surface area contributed by atoms with Crippen LogP contribution < -0.4 is 14.4 Å². The van der Waals surface area contributed by atoms with Crippen molar-refractivity contribution in [3.63, 3.8) is 0 Å². The molecule has 4 rings (SSSR count). The highest BCUT2D eigenvalue weighted by Gasteiger charge is 2.23. The van der Waals surface area contributed by atoms with Gasteiger partial charge >= 0.3 is 0 Å². The van der Waals surface area contributed by atoms with Crippen molar-refractivity contribution >= 4 is 5.69 Å². The minimum atomic E-state index is 0.0106. The molecular formula is C25H28N2O2. The molecule has 4 nitrogen and oxygen atoms in total. The largest absolute Gasteiger partial charge is 0.495 e. The Morgan fingerprint density at radius 1 is 0.759 bits per heavy atom. The van der Waals surface area contributed by atoms with E-state index >= 15 is 0 Å². The molecule has 3 aromatic rings. The van der Waals surface area contributed by atoms with Gasteiger partial charge in [0.1, 0.15) is 17.6 Å². The highest BCUT2D eigenvalue weighted by molar-refractivity contribution is 5.58. The average molecular weight is 389 g/mol. The fraction of sp³-hybridized carbons (Fsp3) is 0.280. The molecule has 1 fully saturated rings. The Bertz CT molecular complexity index is 878. The number of ether oxygens (including phenoxy) is 2. The van der Waals surface area contributed by atoms with Gasteiger partial charge in [-0.25, -0.2) is 0 Å². The van der Waals surface area contributed by atoms with Gasteiger partial charge in [-0.3, -0.25) is 4.90 Å². The molecule has 1 unspecified atom stereocenters. The van der Waals surface area contributed by atoms with Crippen molar-refractivity contribution in [1.29, 1.82) is 0 Å².